The number of ether oxygens (including phenoxy) is 2. The molecule has 5 aromatic carbocycles. The smallest absolute Gasteiger partial charge is 0.304 e. The Morgan fingerprint density at radius 1 is 0.934 bits per heavy atom. The third-order valence-corrected chi connectivity index (χ3v) is 14.0. The van der Waals surface area contributed by atoms with Crippen molar-refractivity contribution in [3.8, 4) is 11.1 Å². The van der Waals surface area contributed by atoms with Gasteiger partial charge < -0.3 is 19.7 Å². The number of nitro groups is 1. The van der Waals surface area contributed by atoms with E-state index in [1.165, 1.54) is 17.7 Å². The van der Waals surface area contributed by atoms with E-state index in [9.17, 15) is 23.3 Å². The zero-order chi connectivity index (χ0) is 43.0. The van der Waals surface area contributed by atoms with Crippen molar-refractivity contribution in [2.24, 2.45) is 5.14 Å². The summed E-state index contributed by atoms with van der Waals surface area (Å²) in [4.78, 5) is 31.5. The monoisotopic (exact) mass is 883 g/mol. The number of ketones is 1. The van der Waals surface area contributed by atoms with Gasteiger partial charge in [0.25, 0.3) is 0 Å². The highest BCUT2D eigenvalue weighted by Crippen LogP contribution is 2.38. The van der Waals surface area contributed by atoms with Crippen LogP contribution in [-0.4, -0.2) is 94.5 Å². The first-order valence-corrected chi connectivity index (χ1v) is 23.2. The topological polar surface area (TPSA) is 157 Å². The molecule has 5 aromatic rings. The van der Waals surface area contributed by atoms with Crippen LogP contribution in [0.25, 0.3) is 11.1 Å². The maximum atomic E-state index is 14.3. The molecule has 2 fully saturated rings. The average molecular weight is 885 g/mol. The number of nitro benzene ring substituents is 1. The predicted molar refractivity (Wildman–Crippen MR) is 243 cm³/mol. The van der Waals surface area contributed by atoms with E-state index in [0.717, 1.165) is 60.6 Å². The van der Waals surface area contributed by atoms with E-state index in [-0.39, 0.29) is 17.3 Å². The van der Waals surface area contributed by atoms with E-state index < -0.39 is 42.5 Å². The Bertz CT molecular complexity index is 2410. The summed E-state index contributed by atoms with van der Waals surface area (Å²) in [5, 5.41) is 22.5. The summed E-state index contributed by atoms with van der Waals surface area (Å²) in [6, 6.07) is 35.0. The number of hydrogen-bond acceptors (Lipinski definition) is 11. The van der Waals surface area contributed by atoms with Crippen LogP contribution in [0, 0.1) is 10.1 Å². The minimum absolute atomic E-state index is 0.0451. The number of benzene rings is 5. The molecule has 0 saturated carbocycles. The van der Waals surface area contributed by atoms with Crippen LogP contribution >= 0.6 is 23.4 Å². The first-order chi connectivity index (χ1) is 29.4. The number of nitrogens with one attached hydrogen (secondary N) is 1. The van der Waals surface area contributed by atoms with Gasteiger partial charge in [-0.1, -0.05) is 66.2 Å². The number of carbonyl (C=O) groups excluding carboxylic acids is 1. The Kier molecular flexibility index (Phi) is 14.5. The van der Waals surface area contributed by atoms with Gasteiger partial charge in [0.1, 0.15) is 16.1 Å². The van der Waals surface area contributed by atoms with Gasteiger partial charge in [-0.15, -0.1) is 11.8 Å². The van der Waals surface area contributed by atoms with Crippen molar-refractivity contribution in [2.75, 3.05) is 69.0 Å². The zero-order valence-corrected chi connectivity index (χ0v) is 36.4. The first-order valence-electron chi connectivity index (χ1n) is 20.3. The zero-order valence-electron chi connectivity index (χ0n) is 34.0. The Morgan fingerprint density at radius 2 is 1.61 bits per heavy atom. The molecule has 2 saturated heterocycles. The molecule has 3 N–H and O–H groups in total. The quantitative estimate of drug-likeness (QED) is 0.0401. The van der Waals surface area contributed by atoms with Gasteiger partial charge in [0.2, 0.25) is 15.8 Å². The fourth-order valence-electron chi connectivity index (χ4n) is 8.16. The number of hydrogen-bond donors (Lipinski definition) is 2. The maximum absolute atomic E-state index is 14.3. The van der Waals surface area contributed by atoms with Gasteiger partial charge in [-0.25, -0.2) is 13.6 Å². The molecule has 0 aliphatic carbocycles. The van der Waals surface area contributed by atoms with Crippen LogP contribution in [0.2, 0.25) is 5.02 Å². The number of halogens is 1. The molecular formula is C46H50ClN5O7S2. The predicted octanol–water partition coefficient (Wildman–Crippen LogP) is 8.32. The highest BCUT2D eigenvalue weighted by molar-refractivity contribution is 7.99. The van der Waals surface area contributed by atoms with E-state index in [1.54, 1.807) is 43.1 Å². The molecule has 7 rings (SSSR count). The lowest BCUT2D eigenvalue weighted by molar-refractivity contribution is -0.384. The molecule has 0 bridgehead atoms. The van der Waals surface area contributed by atoms with Gasteiger partial charge in [0.05, 0.1) is 23.7 Å². The van der Waals surface area contributed by atoms with E-state index in [0.29, 0.717) is 43.5 Å². The van der Waals surface area contributed by atoms with E-state index in [1.807, 2.05) is 66.7 Å². The Hall–Kier alpha value is -4.80. The fourth-order valence-corrected chi connectivity index (χ4v) is 10.0. The summed E-state index contributed by atoms with van der Waals surface area (Å²) >= 11 is 7.77. The SMILES string of the molecule is COC1(Cc2ccccc2-c2ccc(Cl)cc2)CCN(c2ccc(C(=O)c3c(S(N)(=O)=O)ccc(N[C@H](CCN4CCOCC4)CSc4ccccc4)c3[N+](=O)[O-])cc2)CC1. The standard InChI is InChI=1S/C46H50ClN5O7S2/c1-58-46(31-35-7-5-6-10-40(35)33-11-15-36(47)16-12-33)22-25-51(26-23-46)38-17-13-34(14-18-38)45(53)43-42(61(48,56)57)20-19-41(44(43)52(54)55)49-37(21-24-50-27-29-59-30-28-50)32-60-39-8-3-2-4-9-39/h2-20,37,49H,21-32H2,1H3,(H2,48,56,57)/t37-/m1/s1. The van der Waals surface area contributed by atoms with E-state index in [2.05, 4.69) is 27.2 Å². The third kappa shape index (κ3) is 11.0. The van der Waals surface area contributed by atoms with E-state index >= 15 is 0 Å². The van der Waals surface area contributed by atoms with Crippen LogP contribution in [0.4, 0.5) is 17.1 Å². The summed E-state index contributed by atoms with van der Waals surface area (Å²) in [7, 11) is -2.78. The number of sulfonamides is 1. The third-order valence-electron chi connectivity index (χ3n) is 11.6. The number of morpholine rings is 1. The van der Waals surface area contributed by atoms with Gasteiger partial charge in [-0.2, -0.15) is 0 Å². The van der Waals surface area contributed by atoms with Crippen LogP contribution in [-0.2, 0) is 25.9 Å². The highest BCUT2D eigenvalue weighted by atomic mass is 35.5. The number of rotatable bonds is 17. The normalized spacial score (nSPS) is 16.2. The van der Waals surface area contributed by atoms with Crippen LogP contribution in [0.15, 0.2) is 125 Å². The van der Waals surface area contributed by atoms with Crippen molar-refractivity contribution in [3.05, 3.63) is 147 Å². The minimum atomic E-state index is -4.54. The van der Waals surface area contributed by atoms with Gasteiger partial charge in [-0.3, -0.25) is 19.8 Å². The molecule has 1 atom stereocenters. The first kappa shape index (κ1) is 44.3. The summed E-state index contributed by atoms with van der Waals surface area (Å²) in [6.07, 6.45) is 2.86. The van der Waals surface area contributed by atoms with Crippen LogP contribution < -0.4 is 15.4 Å². The fraction of sp³-hybridized carbons (Fsp3) is 0.326. The molecule has 0 aromatic heterocycles. The second-order valence-electron chi connectivity index (χ2n) is 15.4. The average Bonchev–Trinajstić information content (AvgIpc) is 3.28. The lowest BCUT2D eigenvalue weighted by Gasteiger charge is -2.42. The van der Waals surface area contributed by atoms with Crippen LogP contribution in [0.1, 0.15) is 40.7 Å². The number of nitrogens with two attached hydrogens (primary N) is 1. The Labute approximate surface area is 366 Å². The molecule has 0 spiro atoms. The maximum Gasteiger partial charge on any atom is 0.304 e. The summed E-state index contributed by atoms with van der Waals surface area (Å²) in [5.41, 5.74) is 2.81. The number of primary sulfonamides is 1. The molecule has 0 amide bonds. The lowest BCUT2D eigenvalue weighted by Crippen LogP contribution is -2.47. The Balaban J connectivity index is 1.10. The second kappa shape index (κ2) is 19.9. The van der Waals surface area contributed by atoms with Crippen molar-refractivity contribution < 1.29 is 27.6 Å². The van der Waals surface area contributed by atoms with Crippen molar-refractivity contribution in [3.63, 3.8) is 0 Å². The summed E-state index contributed by atoms with van der Waals surface area (Å²) in [5.74, 6) is -0.253. The molecule has 320 valence electrons. The van der Waals surface area contributed by atoms with Crippen molar-refractivity contribution >= 4 is 56.2 Å². The van der Waals surface area contributed by atoms with E-state index in [4.69, 9.17) is 26.2 Å². The Morgan fingerprint density at radius 3 is 2.26 bits per heavy atom. The highest BCUT2D eigenvalue weighted by Gasteiger charge is 2.37. The second-order valence-corrected chi connectivity index (χ2v) is 18.5. The molecule has 15 heteroatoms. The largest absolute Gasteiger partial charge is 0.379 e. The number of methoxy groups -OCH3 is 1. The lowest BCUT2D eigenvalue weighted by atomic mass is 9.82. The number of carbonyl (C=O) groups is 1. The van der Waals surface area contributed by atoms with Gasteiger partial charge >= 0.3 is 5.69 Å². The molecule has 0 radical (unpaired) electrons. The van der Waals surface area contributed by atoms with Gasteiger partial charge in [-0.05, 0) is 96.6 Å². The molecular weight excluding hydrogens is 834 g/mol. The molecule has 2 aliphatic rings. The van der Waals surface area contributed by atoms with Crippen LogP contribution in [0.3, 0.4) is 0 Å². The van der Waals surface area contributed by atoms with Crippen molar-refractivity contribution in [2.45, 2.75) is 47.1 Å². The van der Waals surface area contributed by atoms with Gasteiger partial charge in [0, 0.05) is 79.2 Å². The van der Waals surface area contributed by atoms with Crippen molar-refractivity contribution in [1.29, 1.82) is 0 Å². The molecule has 0 unspecified atom stereocenters. The van der Waals surface area contributed by atoms with Gasteiger partial charge in [0.15, 0.2) is 0 Å². The van der Waals surface area contributed by atoms with Crippen LogP contribution in [0.5, 0.6) is 0 Å². The molecule has 2 heterocycles. The number of anilines is 2. The number of nitrogens with zero attached hydrogens (tertiary/aromatic N) is 3. The van der Waals surface area contributed by atoms with Crippen molar-refractivity contribution in [1.82, 2.24) is 4.90 Å². The molecule has 61 heavy (non-hydrogen) atoms. The summed E-state index contributed by atoms with van der Waals surface area (Å²) < 4.78 is 37.6. The summed E-state index contributed by atoms with van der Waals surface area (Å²) in [6.45, 7) is 4.94. The number of piperidine rings is 1. The number of thioether (sulfide) groups is 1. The minimum Gasteiger partial charge on any atom is -0.379 e. The molecule has 2 aliphatic heterocycles. The molecule has 12 nitrogen and oxygen atoms in total.